The Kier molecular flexibility index (Phi) is 5.03. The lowest BCUT2D eigenvalue weighted by Gasteiger charge is -2.06. The van der Waals surface area contributed by atoms with E-state index in [4.69, 9.17) is 0 Å². The Balaban J connectivity index is 2.03. The van der Waals surface area contributed by atoms with Crippen LogP contribution >= 0.6 is 11.8 Å². The van der Waals surface area contributed by atoms with Gasteiger partial charge in [0.2, 0.25) is 5.95 Å². The molecule has 1 aromatic heterocycles. The summed E-state index contributed by atoms with van der Waals surface area (Å²) in [6.07, 6.45) is 0.993. The van der Waals surface area contributed by atoms with Crippen LogP contribution in [0.1, 0.15) is 19.0 Å². The van der Waals surface area contributed by atoms with E-state index in [0.29, 0.717) is 11.7 Å². The molecule has 0 spiro atoms. The van der Waals surface area contributed by atoms with Gasteiger partial charge >= 0.3 is 0 Å². The Hall–Kier alpha value is -1.75. The van der Waals surface area contributed by atoms with Crippen molar-refractivity contribution in [2.24, 2.45) is 0 Å². The molecule has 0 bridgehead atoms. The normalized spacial score (nSPS) is 10.4. The molecule has 0 amide bonds. The van der Waals surface area contributed by atoms with Gasteiger partial charge in [-0.15, -0.1) is 11.8 Å². The molecule has 0 unspecified atom stereocenters. The van der Waals surface area contributed by atoms with Crippen LogP contribution in [0, 0.1) is 0 Å². The number of benzene rings is 1. The highest BCUT2D eigenvalue weighted by Gasteiger charge is 2.02. The van der Waals surface area contributed by atoms with Crippen LogP contribution in [-0.2, 0) is 5.75 Å². The highest BCUT2D eigenvalue weighted by atomic mass is 32.2. The highest BCUT2D eigenvalue weighted by Crippen LogP contribution is 2.20. The Bertz CT molecular complexity index is 568. The van der Waals surface area contributed by atoms with Crippen molar-refractivity contribution in [1.29, 1.82) is 0 Å². The SMILES string of the molecule is CCCNc1nc(CSc2ccccc2)cc(=O)[nH]1. The second kappa shape index (κ2) is 6.99. The number of thioether (sulfide) groups is 1. The molecule has 2 N–H and O–H groups in total. The smallest absolute Gasteiger partial charge is 0.252 e. The minimum atomic E-state index is -0.114. The number of anilines is 1. The molecule has 0 saturated heterocycles. The number of aromatic nitrogens is 2. The van der Waals surface area contributed by atoms with Gasteiger partial charge in [-0.05, 0) is 18.6 Å². The monoisotopic (exact) mass is 275 g/mol. The topological polar surface area (TPSA) is 57.8 Å². The molecule has 5 heteroatoms. The number of hydrogen-bond donors (Lipinski definition) is 2. The number of H-pyrrole nitrogens is 1. The molecule has 0 aliphatic carbocycles. The van der Waals surface area contributed by atoms with Gasteiger partial charge in [0.25, 0.3) is 5.56 Å². The highest BCUT2D eigenvalue weighted by molar-refractivity contribution is 7.98. The minimum Gasteiger partial charge on any atom is -0.356 e. The zero-order valence-electron chi connectivity index (χ0n) is 10.8. The molecule has 0 saturated carbocycles. The Labute approximate surface area is 116 Å². The van der Waals surface area contributed by atoms with Gasteiger partial charge in [-0.25, -0.2) is 4.98 Å². The first-order valence-corrected chi connectivity index (χ1v) is 7.28. The molecular formula is C14H17N3OS. The van der Waals surface area contributed by atoms with Crippen molar-refractivity contribution >= 4 is 17.7 Å². The molecule has 1 aromatic carbocycles. The molecule has 2 rings (SSSR count). The molecule has 2 aromatic rings. The summed E-state index contributed by atoms with van der Waals surface area (Å²) in [5, 5.41) is 3.10. The Morgan fingerprint density at radius 3 is 2.84 bits per heavy atom. The maximum absolute atomic E-state index is 11.5. The van der Waals surface area contributed by atoms with E-state index >= 15 is 0 Å². The van der Waals surface area contributed by atoms with Crippen molar-refractivity contribution in [2.75, 3.05) is 11.9 Å². The molecular weight excluding hydrogens is 258 g/mol. The van der Waals surface area contributed by atoms with E-state index in [2.05, 4.69) is 22.2 Å². The predicted molar refractivity (Wildman–Crippen MR) is 79.6 cm³/mol. The average molecular weight is 275 g/mol. The molecule has 0 aliphatic heterocycles. The summed E-state index contributed by atoms with van der Waals surface area (Å²) >= 11 is 1.67. The summed E-state index contributed by atoms with van der Waals surface area (Å²) in [5.74, 6) is 1.24. The third kappa shape index (κ3) is 4.44. The van der Waals surface area contributed by atoms with Crippen LogP contribution in [0.25, 0.3) is 0 Å². The molecule has 19 heavy (non-hydrogen) atoms. The molecule has 4 nitrogen and oxygen atoms in total. The van der Waals surface area contributed by atoms with E-state index in [1.54, 1.807) is 17.8 Å². The Morgan fingerprint density at radius 2 is 2.11 bits per heavy atom. The lowest BCUT2D eigenvalue weighted by Crippen LogP contribution is -2.14. The van der Waals surface area contributed by atoms with Crippen LogP contribution < -0.4 is 10.9 Å². The van der Waals surface area contributed by atoms with Crippen LogP contribution in [-0.4, -0.2) is 16.5 Å². The summed E-state index contributed by atoms with van der Waals surface area (Å²) in [6.45, 7) is 2.87. The van der Waals surface area contributed by atoms with Crippen LogP contribution in [0.15, 0.2) is 46.1 Å². The summed E-state index contributed by atoms with van der Waals surface area (Å²) in [4.78, 5) is 19.8. The standard InChI is InChI=1S/C14H17N3OS/c1-2-8-15-14-16-11(9-13(18)17-14)10-19-12-6-4-3-5-7-12/h3-7,9H,2,8,10H2,1H3,(H2,15,16,17,18). The van der Waals surface area contributed by atoms with Gasteiger partial charge in [-0.3, -0.25) is 9.78 Å². The van der Waals surface area contributed by atoms with Gasteiger partial charge in [-0.1, -0.05) is 25.1 Å². The summed E-state index contributed by atoms with van der Waals surface area (Å²) in [5.41, 5.74) is 0.675. The van der Waals surface area contributed by atoms with E-state index in [1.165, 1.54) is 4.90 Å². The summed E-state index contributed by atoms with van der Waals surface area (Å²) < 4.78 is 0. The fourth-order valence-corrected chi connectivity index (χ4v) is 2.40. The van der Waals surface area contributed by atoms with Gasteiger partial charge in [0.15, 0.2) is 0 Å². The summed E-state index contributed by atoms with van der Waals surface area (Å²) in [6, 6.07) is 11.6. The van der Waals surface area contributed by atoms with E-state index < -0.39 is 0 Å². The van der Waals surface area contributed by atoms with Gasteiger partial charge in [0, 0.05) is 23.3 Å². The third-order valence-corrected chi connectivity index (χ3v) is 3.51. The first-order valence-electron chi connectivity index (χ1n) is 6.30. The van der Waals surface area contributed by atoms with Crippen molar-refractivity contribution in [3.8, 4) is 0 Å². The largest absolute Gasteiger partial charge is 0.356 e. The fraction of sp³-hybridized carbons (Fsp3) is 0.286. The Morgan fingerprint density at radius 1 is 1.32 bits per heavy atom. The van der Waals surface area contributed by atoms with Gasteiger partial charge in [0.1, 0.15) is 0 Å². The first-order chi connectivity index (χ1) is 9.28. The number of nitrogens with one attached hydrogen (secondary N) is 2. The number of nitrogens with zero attached hydrogens (tertiary/aromatic N) is 1. The third-order valence-electron chi connectivity index (χ3n) is 2.47. The molecule has 1 heterocycles. The predicted octanol–water partition coefficient (Wildman–Crippen LogP) is 2.88. The first kappa shape index (κ1) is 13.7. The van der Waals surface area contributed by atoms with E-state index in [-0.39, 0.29) is 5.56 Å². The fourth-order valence-electron chi connectivity index (χ4n) is 1.58. The maximum atomic E-state index is 11.5. The molecule has 0 fully saturated rings. The van der Waals surface area contributed by atoms with Crippen molar-refractivity contribution in [2.45, 2.75) is 24.0 Å². The van der Waals surface area contributed by atoms with Crippen molar-refractivity contribution in [1.82, 2.24) is 9.97 Å². The van der Waals surface area contributed by atoms with Gasteiger partial charge in [-0.2, -0.15) is 0 Å². The average Bonchev–Trinajstić information content (AvgIpc) is 2.43. The minimum absolute atomic E-state index is 0.114. The lowest BCUT2D eigenvalue weighted by atomic mass is 10.4. The van der Waals surface area contributed by atoms with E-state index in [9.17, 15) is 4.79 Å². The van der Waals surface area contributed by atoms with Crippen LogP contribution in [0.2, 0.25) is 0 Å². The molecule has 0 aliphatic rings. The van der Waals surface area contributed by atoms with Crippen molar-refractivity contribution in [3.63, 3.8) is 0 Å². The van der Waals surface area contributed by atoms with E-state index in [1.807, 2.05) is 30.3 Å². The maximum Gasteiger partial charge on any atom is 0.252 e. The molecule has 0 atom stereocenters. The zero-order valence-corrected chi connectivity index (χ0v) is 11.7. The molecule has 100 valence electrons. The second-order valence-corrected chi connectivity index (χ2v) is 5.16. The van der Waals surface area contributed by atoms with Crippen LogP contribution in [0.4, 0.5) is 5.95 Å². The van der Waals surface area contributed by atoms with E-state index in [0.717, 1.165) is 18.7 Å². The van der Waals surface area contributed by atoms with Crippen molar-refractivity contribution < 1.29 is 0 Å². The van der Waals surface area contributed by atoms with Gasteiger partial charge < -0.3 is 5.32 Å². The number of rotatable bonds is 6. The van der Waals surface area contributed by atoms with Crippen molar-refractivity contribution in [3.05, 3.63) is 52.4 Å². The number of hydrogen-bond acceptors (Lipinski definition) is 4. The lowest BCUT2D eigenvalue weighted by molar-refractivity contribution is 0.937. The quantitative estimate of drug-likeness (QED) is 0.796. The second-order valence-electron chi connectivity index (χ2n) is 4.11. The van der Waals surface area contributed by atoms with Crippen LogP contribution in [0.3, 0.4) is 0 Å². The van der Waals surface area contributed by atoms with Gasteiger partial charge in [0.05, 0.1) is 5.69 Å². The zero-order chi connectivity index (χ0) is 13.5. The number of aromatic amines is 1. The van der Waals surface area contributed by atoms with Crippen LogP contribution in [0.5, 0.6) is 0 Å². The molecule has 0 radical (unpaired) electrons. The summed E-state index contributed by atoms with van der Waals surface area (Å²) in [7, 11) is 0.